The zero-order valence-electron chi connectivity index (χ0n) is 8.47. The minimum absolute atomic E-state index is 0.288. The van der Waals surface area contributed by atoms with Crippen LogP contribution in [0.15, 0.2) is 12.2 Å². The molecule has 0 atom stereocenters. The Labute approximate surface area is 82.1 Å². The Morgan fingerprint density at radius 1 is 1.46 bits per heavy atom. The molecular formula is C9H18O3Si. The van der Waals surface area contributed by atoms with E-state index in [4.69, 9.17) is 9.16 Å². The van der Waals surface area contributed by atoms with Crippen molar-refractivity contribution in [1.82, 2.24) is 0 Å². The summed E-state index contributed by atoms with van der Waals surface area (Å²) in [6.45, 7) is 5.65. The maximum Gasteiger partial charge on any atom is 0.333 e. The largest absolute Gasteiger partial charge is 0.462 e. The topological polar surface area (TPSA) is 35.5 Å². The second-order valence-corrected chi connectivity index (χ2v) is 4.66. The maximum atomic E-state index is 10.9. The van der Waals surface area contributed by atoms with E-state index in [2.05, 4.69) is 6.58 Å². The number of ether oxygens (including phenoxy) is 1. The van der Waals surface area contributed by atoms with E-state index in [0.717, 1.165) is 18.9 Å². The number of unbranched alkanes of at least 4 members (excludes halogenated alkanes) is 1. The quantitative estimate of drug-likeness (QED) is 0.268. The van der Waals surface area contributed by atoms with Gasteiger partial charge in [-0.3, -0.25) is 0 Å². The van der Waals surface area contributed by atoms with E-state index in [0.29, 0.717) is 12.2 Å². The molecule has 0 amide bonds. The summed E-state index contributed by atoms with van der Waals surface area (Å²) in [4.78, 5) is 10.9. The third-order valence-electron chi connectivity index (χ3n) is 1.57. The third-order valence-corrected chi connectivity index (χ3v) is 2.77. The van der Waals surface area contributed by atoms with Crippen LogP contribution in [0.2, 0.25) is 6.04 Å². The molecule has 0 aromatic rings. The lowest BCUT2D eigenvalue weighted by Crippen LogP contribution is -2.06. The van der Waals surface area contributed by atoms with E-state index in [-0.39, 0.29) is 15.7 Å². The molecule has 0 saturated heterocycles. The fourth-order valence-electron chi connectivity index (χ4n) is 0.813. The van der Waals surface area contributed by atoms with Crippen LogP contribution in [-0.2, 0) is 14.0 Å². The molecule has 3 nitrogen and oxygen atoms in total. The third kappa shape index (κ3) is 7.74. The highest BCUT2D eigenvalue weighted by Gasteiger charge is 2.01. The second-order valence-electron chi connectivity index (χ2n) is 2.97. The Bertz CT molecular complexity index is 168. The Kier molecular flexibility index (Phi) is 7.63. The van der Waals surface area contributed by atoms with Crippen molar-refractivity contribution in [3.05, 3.63) is 12.2 Å². The molecule has 0 fully saturated rings. The molecule has 0 aliphatic carbocycles. The first-order chi connectivity index (χ1) is 6.18. The van der Waals surface area contributed by atoms with Crippen molar-refractivity contribution in [3.8, 4) is 0 Å². The number of carbonyl (C=O) groups excluding carboxylic acids is 1. The SMILES string of the molecule is C=C(C)C(=O)OCCCC[SiH2]OC. The number of carbonyl (C=O) groups is 1. The molecule has 0 aromatic heterocycles. The number of esters is 1. The van der Waals surface area contributed by atoms with Gasteiger partial charge < -0.3 is 9.16 Å². The number of rotatable bonds is 7. The molecule has 0 spiro atoms. The Hall–Kier alpha value is -0.613. The summed E-state index contributed by atoms with van der Waals surface area (Å²) < 4.78 is 9.94. The van der Waals surface area contributed by atoms with Gasteiger partial charge in [0.15, 0.2) is 9.76 Å². The zero-order chi connectivity index (χ0) is 10.1. The molecule has 0 aliphatic heterocycles. The predicted octanol–water partition coefficient (Wildman–Crippen LogP) is 1.03. The molecule has 0 rings (SSSR count). The summed E-state index contributed by atoms with van der Waals surface area (Å²) in [6, 6.07) is 1.15. The molecule has 0 aromatic carbocycles. The molecule has 0 N–H and O–H groups in total. The lowest BCUT2D eigenvalue weighted by Gasteiger charge is -2.03. The van der Waals surface area contributed by atoms with Gasteiger partial charge in [0.25, 0.3) is 0 Å². The van der Waals surface area contributed by atoms with Crippen LogP contribution in [0.5, 0.6) is 0 Å². The van der Waals surface area contributed by atoms with Gasteiger partial charge in [-0.05, 0) is 19.4 Å². The predicted molar refractivity (Wildman–Crippen MR) is 55.4 cm³/mol. The monoisotopic (exact) mass is 202 g/mol. The highest BCUT2D eigenvalue weighted by atomic mass is 28.2. The fraction of sp³-hybridized carbons (Fsp3) is 0.667. The maximum absolute atomic E-state index is 10.9. The van der Waals surface area contributed by atoms with Crippen LogP contribution in [0.1, 0.15) is 19.8 Å². The lowest BCUT2D eigenvalue weighted by atomic mass is 10.3. The van der Waals surface area contributed by atoms with E-state index in [1.807, 2.05) is 0 Å². The van der Waals surface area contributed by atoms with Gasteiger partial charge in [0.1, 0.15) is 0 Å². The van der Waals surface area contributed by atoms with E-state index in [9.17, 15) is 4.79 Å². The van der Waals surface area contributed by atoms with Crippen molar-refractivity contribution in [2.24, 2.45) is 0 Å². The molecule has 0 saturated carbocycles. The van der Waals surface area contributed by atoms with Crippen molar-refractivity contribution in [3.63, 3.8) is 0 Å². The van der Waals surface area contributed by atoms with Crippen LogP contribution < -0.4 is 0 Å². The van der Waals surface area contributed by atoms with Crippen LogP contribution in [0.25, 0.3) is 0 Å². The molecule has 0 unspecified atom stereocenters. The van der Waals surface area contributed by atoms with Gasteiger partial charge in [-0.25, -0.2) is 4.79 Å². The minimum Gasteiger partial charge on any atom is -0.462 e. The van der Waals surface area contributed by atoms with Gasteiger partial charge in [-0.1, -0.05) is 13.0 Å². The van der Waals surface area contributed by atoms with Crippen molar-refractivity contribution >= 4 is 15.7 Å². The first-order valence-electron chi connectivity index (χ1n) is 4.50. The van der Waals surface area contributed by atoms with Crippen LogP contribution >= 0.6 is 0 Å². The van der Waals surface area contributed by atoms with Gasteiger partial charge in [0, 0.05) is 12.7 Å². The van der Waals surface area contributed by atoms with Crippen LogP contribution in [0.3, 0.4) is 0 Å². The highest BCUT2D eigenvalue weighted by Crippen LogP contribution is 1.98. The smallest absolute Gasteiger partial charge is 0.333 e. The van der Waals surface area contributed by atoms with Crippen molar-refractivity contribution in [2.45, 2.75) is 25.8 Å². The van der Waals surface area contributed by atoms with Gasteiger partial charge >= 0.3 is 5.97 Å². The Morgan fingerprint density at radius 3 is 2.69 bits per heavy atom. The second kappa shape index (κ2) is 8.01. The molecule has 0 radical (unpaired) electrons. The summed E-state index contributed by atoms with van der Waals surface area (Å²) in [7, 11) is 1.44. The highest BCUT2D eigenvalue weighted by molar-refractivity contribution is 6.26. The molecule has 0 bridgehead atoms. The molecule has 0 heterocycles. The lowest BCUT2D eigenvalue weighted by molar-refractivity contribution is -0.139. The number of hydrogen-bond acceptors (Lipinski definition) is 3. The Balaban J connectivity index is 3.16. The van der Waals surface area contributed by atoms with Crippen molar-refractivity contribution < 1.29 is 14.0 Å². The molecular weight excluding hydrogens is 184 g/mol. The van der Waals surface area contributed by atoms with Gasteiger partial charge in [0.05, 0.1) is 6.61 Å². The molecule has 13 heavy (non-hydrogen) atoms. The molecule has 76 valence electrons. The minimum atomic E-state index is -0.299. The van der Waals surface area contributed by atoms with Gasteiger partial charge in [-0.2, -0.15) is 0 Å². The van der Waals surface area contributed by atoms with E-state index in [1.54, 1.807) is 14.0 Å². The van der Waals surface area contributed by atoms with Gasteiger partial charge in [0.2, 0.25) is 0 Å². The average molecular weight is 202 g/mol. The average Bonchev–Trinajstić information content (AvgIpc) is 2.10. The van der Waals surface area contributed by atoms with Crippen LogP contribution in [0, 0.1) is 0 Å². The van der Waals surface area contributed by atoms with Gasteiger partial charge in [-0.15, -0.1) is 0 Å². The summed E-state index contributed by atoms with van der Waals surface area (Å²) in [5.74, 6) is -0.288. The fourth-order valence-corrected chi connectivity index (χ4v) is 1.66. The van der Waals surface area contributed by atoms with Crippen LogP contribution in [0.4, 0.5) is 0 Å². The first kappa shape index (κ1) is 12.4. The summed E-state index contributed by atoms with van der Waals surface area (Å²) in [6.07, 6.45) is 2.01. The summed E-state index contributed by atoms with van der Waals surface area (Å²) >= 11 is 0. The normalized spacial score (nSPS) is 10.6. The number of hydrogen-bond donors (Lipinski definition) is 0. The van der Waals surface area contributed by atoms with Crippen molar-refractivity contribution in [2.75, 3.05) is 13.7 Å². The van der Waals surface area contributed by atoms with E-state index >= 15 is 0 Å². The zero-order valence-corrected chi connectivity index (χ0v) is 9.88. The first-order valence-corrected chi connectivity index (χ1v) is 6.07. The van der Waals surface area contributed by atoms with Crippen molar-refractivity contribution in [1.29, 1.82) is 0 Å². The summed E-state index contributed by atoms with van der Waals surface area (Å²) in [5.41, 5.74) is 0.464. The van der Waals surface area contributed by atoms with Crippen LogP contribution in [-0.4, -0.2) is 29.4 Å². The molecule has 4 heteroatoms. The Morgan fingerprint density at radius 2 is 2.15 bits per heavy atom. The van der Waals surface area contributed by atoms with E-state index < -0.39 is 0 Å². The summed E-state index contributed by atoms with van der Waals surface area (Å²) in [5, 5.41) is 0. The molecule has 0 aliphatic rings. The van der Waals surface area contributed by atoms with E-state index in [1.165, 1.54) is 0 Å². The standard InChI is InChI=1S/C9H18O3Si/c1-8(2)9(10)12-6-4-5-7-13-11-3/h1,4-7,13H2,2-3H3.